The summed E-state index contributed by atoms with van der Waals surface area (Å²) in [6.07, 6.45) is 4.32. The minimum Gasteiger partial charge on any atom is -0.550 e. The number of hydrogen-bond acceptors (Lipinski definition) is 6. The van der Waals surface area contributed by atoms with Crippen molar-refractivity contribution in [3.63, 3.8) is 0 Å². The number of carboxylic acids is 1. The lowest BCUT2D eigenvalue weighted by Gasteiger charge is -2.25. The predicted molar refractivity (Wildman–Crippen MR) is 134 cm³/mol. The Hall–Kier alpha value is -4.43. The first-order valence-electron chi connectivity index (χ1n) is 11.2. The van der Waals surface area contributed by atoms with Crippen LogP contribution in [0.2, 0.25) is 5.02 Å². The zero-order chi connectivity index (χ0) is 25.2. The van der Waals surface area contributed by atoms with E-state index < -0.39 is 24.3 Å². The van der Waals surface area contributed by atoms with Crippen LogP contribution in [0.3, 0.4) is 0 Å². The first kappa shape index (κ1) is 23.3. The molecule has 0 radical (unpaired) electrons. The monoisotopic (exact) mass is 499 g/mol. The maximum absolute atomic E-state index is 13.5. The quantitative estimate of drug-likeness (QED) is 0.420. The number of nitrogens with one attached hydrogen (secondary N) is 2. The van der Waals surface area contributed by atoms with Crippen molar-refractivity contribution in [2.45, 2.75) is 18.9 Å². The summed E-state index contributed by atoms with van der Waals surface area (Å²) < 4.78 is 0. The zero-order valence-electron chi connectivity index (χ0n) is 18.9. The number of nitrogens with zero attached hydrogens (tertiary/aromatic N) is 2. The lowest BCUT2D eigenvalue weighted by molar-refractivity contribution is -0.305. The van der Waals surface area contributed by atoms with Gasteiger partial charge in [-0.15, -0.1) is 0 Å². The molecule has 0 fully saturated rings. The summed E-state index contributed by atoms with van der Waals surface area (Å²) >= 11 is 6.32. The number of hydrogen-bond donors (Lipinski definition) is 2. The maximum atomic E-state index is 13.5. The molecule has 9 heteroatoms. The summed E-state index contributed by atoms with van der Waals surface area (Å²) in [6.45, 7) is 0. The summed E-state index contributed by atoms with van der Waals surface area (Å²) in [5.41, 5.74) is 6.23. The van der Waals surface area contributed by atoms with Gasteiger partial charge in [0.05, 0.1) is 11.3 Å². The molecule has 0 saturated carbocycles. The molecule has 2 aromatic carbocycles. The van der Waals surface area contributed by atoms with Gasteiger partial charge in [-0.1, -0.05) is 48.0 Å². The van der Waals surface area contributed by atoms with Crippen LogP contribution in [-0.2, 0) is 9.59 Å². The second-order valence-corrected chi connectivity index (χ2v) is 8.76. The van der Waals surface area contributed by atoms with E-state index in [1.165, 1.54) is 5.01 Å². The highest BCUT2D eigenvalue weighted by atomic mass is 35.5. The number of carboxylic acid groups (broad SMARTS) is 1. The molecule has 1 aliphatic heterocycles. The van der Waals surface area contributed by atoms with Gasteiger partial charge in [0.15, 0.2) is 0 Å². The number of hydrazine groups is 1. The molecule has 8 nitrogen and oxygen atoms in total. The molecule has 0 aliphatic carbocycles. The molecular weight excluding hydrogens is 480 g/mol. The van der Waals surface area contributed by atoms with Gasteiger partial charge in [-0.25, -0.2) is 5.01 Å². The Balaban J connectivity index is 1.70. The maximum Gasteiger partial charge on any atom is 0.258 e. The van der Waals surface area contributed by atoms with Crippen LogP contribution in [0.25, 0.3) is 27.7 Å². The van der Waals surface area contributed by atoms with E-state index in [-0.39, 0.29) is 12.0 Å². The average molecular weight is 500 g/mol. The Morgan fingerprint density at radius 1 is 1.03 bits per heavy atom. The smallest absolute Gasteiger partial charge is 0.258 e. The molecule has 4 aromatic rings. The van der Waals surface area contributed by atoms with Crippen LogP contribution < -0.4 is 16.1 Å². The van der Waals surface area contributed by atoms with Crippen LogP contribution in [0.15, 0.2) is 83.9 Å². The van der Waals surface area contributed by atoms with E-state index in [4.69, 9.17) is 11.6 Å². The van der Waals surface area contributed by atoms with Crippen LogP contribution in [0.4, 0.5) is 0 Å². The third-order valence-electron chi connectivity index (χ3n) is 5.99. The SMILES string of the molecule is O=C([O-])CCC(=O)N1NC(c2c(-c3ccccc3)c3cc(Cl)ccc3[nH]c2=O)=CC1c1cccnc1. The van der Waals surface area contributed by atoms with Crippen molar-refractivity contribution < 1.29 is 14.7 Å². The summed E-state index contributed by atoms with van der Waals surface area (Å²) in [7, 11) is 0. The highest BCUT2D eigenvalue weighted by Crippen LogP contribution is 2.37. The molecular formula is C27H20ClN4O4-. The zero-order valence-corrected chi connectivity index (χ0v) is 19.7. The van der Waals surface area contributed by atoms with Crippen molar-refractivity contribution in [3.8, 4) is 11.1 Å². The first-order chi connectivity index (χ1) is 17.4. The summed E-state index contributed by atoms with van der Waals surface area (Å²) in [5.74, 6) is -1.77. The van der Waals surface area contributed by atoms with Crippen molar-refractivity contribution in [2.24, 2.45) is 0 Å². The topological polar surface area (TPSA) is 118 Å². The molecule has 1 atom stereocenters. The third-order valence-corrected chi connectivity index (χ3v) is 6.22. The van der Waals surface area contributed by atoms with E-state index >= 15 is 0 Å². The minimum absolute atomic E-state index is 0.261. The van der Waals surface area contributed by atoms with Gasteiger partial charge in [-0.05, 0) is 47.9 Å². The number of amides is 1. The van der Waals surface area contributed by atoms with Crippen molar-refractivity contribution in [1.29, 1.82) is 0 Å². The van der Waals surface area contributed by atoms with Gasteiger partial charge in [0, 0.05) is 46.3 Å². The molecule has 0 bridgehead atoms. The fourth-order valence-corrected chi connectivity index (χ4v) is 4.55. The lowest BCUT2D eigenvalue weighted by atomic mass is 9.94. The Kier molecular flexibility index (Phi) is 6.26. The fraction of sp³-hybridized carbons (Fsp3) is 0.111. The van der Waals surface area contributed by atoms with Gasteiger partial charge in [0.1, 0.15) is 6.04 Å². The van der Waals surface area contributed by atoms with E-state index in [1.54, 1.807) is 48.8 Å². The second kappa shape index (κ2) is 9.67. The number of rotatable bonds is 6. The van der Waals surface area contributed by atoms with E-state index in [0.717, 1.165) is 10.9 Å². The summed E-state index contributed by atoms with van der Waals surface area (Å²) in [6, 6.07) is 17.6. The molecule has 1 amide bonds. The standard InChI is InChI=1S/C27H21ClN4O4/c28-18-8-9-20-19(13-18)25(16-5-2-1-3-6-16)26(27(36)30-20)21-14-22(17-7-4-12-29-15-17)32(31-21)23(33)10-11-24(34)35/h1-9,12-15,22,31H,10-11H2,(H,30,36)(H,34,35)/p-1. The van der Waals surface area contributed by atoms with Crippen molar-refractivity contribution in [2.75, 3.05) is 0 Å². The lowest BCUT2D eigenvalue weighted by Crippen LogP contribution is -2.40. The van der Waals surface area contributed by atoms with E-state index in [1.807, 2.05) is 30.3 Å². The summed E-state index contributed by atoms with van der Waals surface area (Å²) in [5, 5.41) is 13.6. The number of carbonyl (C=O) groups excluding carboxylic acids is 2. The highest BCUT2D eigenvalue weighted by Gasteiger charge is 2.33. The fourth-order valence-electron chi connectivity index (χ4n) is 4.38. The molecule has 1 unspecified atom stereocenters. The van der Waals surface area contributed by atoms with Gasteiger partial charge < -0.3 is 14.9 Å². The Morgan fingerprint density at radius 2 is 1.83 bits per heavy atom. The molecule has 0 spiro atoms. The number of aliphatic carboxylic acids is 1. The number of H-pyrrole nitrogens is 1. The number of aromatic amines is 1. The molecule has 1 aliphatic rings. The van der Waals surface area contributed by atoms with Gasteiger partial charge in [0.25, 0.3) is 5.56 Å². The Labute approximate surface area is 210 Å². The van der Waals surface area contributed by atoms with Crippen LogP contribution >= 0.6 is 11.6 Å². The highest BCUT2D eigenvalue weighted by molar-refractivity contribution is 6.31. The largest absolute Gasteiger partial charge is 0.550 e. The van der Waals surface area contributed by atoms with Crippen LogP contribution in [-0.4, -0.2) is 26.9 Å². The Morgan fingerprint density at radius 3 is 2.56 bits per heavy atom. The molecule has 36 heavy (non-hydrogen) atoms. The van der Waals surface area contributed by atoms with Crippen molar-refractivity contribution in [1.82, 2.24) is 20.4 Å². The van der Waals surface area contributed by atoms with Crippen molar-refractivity contribution in [3.05, 3.63) is 106 Å². The molecule has 0 saturated heterocycles. The van der Waals surface area contributed by atoms with Gasteiger partial charge in [0.2, 0.25) is 5.91 Å². The van der Waals surface area contributed by atoms with Crippen LogP contribution in [0.1, 0.15) is 30.0 Å². The molecule has 2 N–H and O–H groups in total. The van der Waals surface area contributed by atoms with Gasteiger partial charge >= 0.3 is 0 Å². The van der Waals surface area contributed by atoms with Crippen LogP contribution in [0, 0.1) is 0 Å². The second-order valence-electron chi connectivity index (χ2n) is 8.32. The van der Waals surface area contributed by atoms with Gasteiger partial charge in [-0.3, -0.25) is 20.0 Å². The molecule has 2 aromatic heterocycles. The van der Waals surface area contributed by atoms with E-state index in [2.05, 4.69) is 15.4 Å². The number of pyridine rings is 2. The Bertz CT molecular complexity index is 1550. The molecule has 3 heterocycles. The number of carbonyl (C=O) groups is 2. The van der Waals surface area contributed by atoms with Gasteiger partial charge in [-0.2, -0.15) is 0 Å². The van der Waals surface area contributed by atoms with E-state index in [9.17, 15) is 19.5 Å². The van der Waals surface area contributed by atoms with E-state index in [0.29, 0.717) is 32.9 Å². The summed E-state index contributed by atoms with van der Waals surface area (Å²) in [4.78, 5) is 44.5. The third kappa shape index (κ3) is 4.46. The minimum atomic E-state index is -1.32. The van der Waals surface area contributed by atoms with Crippen molar-refractivity contribution >= 4 is 40.1 Å². The predicted octanol–water partition coefficient (Wildman–Crippen LogP) is 3.20. The molecule has 180 valence electrons. The number of fused-ring (bicyclic) bond motifs is 1. The first-order valence-corrected chi connectivity index (χ1v) is 11.6. The number of halogens is 1. The average Bonchev–Trinajstić information content (AvgIpc) is 3.33. The molecule has 5 rings (SSSR count). The van der Waals surface area contributed by atoms with Crippen LogP contribution in [0.5, 0.6) is 0 Å². The number of aromatic nitrogens is 2. The normalized spacial score (nSPS) is 15.0. The number of benzene rings is 2.